The van der Waals surface area contributed by atoms with Crippen LogP contribution in [0.25, 0.3) is 0 Å². The third-order valence-corrected chi connectivity index (χ3v) is 16.0. The molecule has 9 N–H and O–H groups in total. The Bertz CT molecular complexity index is 2180. The van der Waals surface area contributed by atoms with Gasteiger partial charge in [0.15, 0.2) is 0 Å². The second-order valence-corrected chi connectivity index (χ2v) is 22.4. The van der Waals surface area contributed by atoms with Crippen molar-refractivity contribution in [1.29, 1.82) is 0 Å². The van der Waals surface area contributed by atoms with E-state index < -0.39 is 53.5 Å². The van der Waals surface area contributed by atoms with Gasteiger partial charge in [-0.25, -0.2) is 0 Å². The van der Waals surface area contributed by atoms with Crippen LogP contribution in [0.1, 0.15) is 34.6 Å². The first-order chi connectivity index (χ1) is 37.7. The average Bonchev–Trinajstić information content (AvgIpc) is 3.35. The van der Waals surface area contributed by atoms with Crippen LogP contribution in [0.2, 0.25) is 0 Å². The Morgan fingerprint density at radius 1 is 0.378 bits per heavy atom. The maximum absolute atomic E-state index is 14.0. The third kappa shape index (κ3) is 30.2. The van der Waals surface area contributed by atoms with Gasteiger partial charge in [-0.15, -0.1) is 0 Å². The monoisotopic (exact) mass is 1790 g/mol. The largest absolute Gasteiger partial charge is 3.00 e. The molecule has 1 aromatic rings. The number of aliphatic carboxylic acids is 5. The van der Waals surface area contributed by atoms with Gasteiger partial charge in [0, 0.05) is 148 Å². The van der Waals surface area contributed by atoms with E-state index in [-0.39, 0.29) is 263 Å². The van der Waals surface area contributed by atoms with Gasteiger partial charge in [0.25, 0.3) is 11.8 Å². The third-order valence-electron chi connectivity index (χ3n) is 12.9. The molecule has 2 aliphatic heterocycles. The number of hydrogen-bond acceptors (Lipinski definition) is 19. The number of ketones is 1. The summed E-state index contributed by atoms with van der Waals surface area (Å²) in [7, 11) is 1.50. The van der Waals surface area contributed by atoms with E-state index in [0.717, 1.165) is 0 Å². The number of Topliss-reactive ketones (excluding diaryl/α,β-unsaturated/α-hetero) is 1. The number of carboxylic acids is 5. The van der Waals surface area contributed by atoms with Gasteiger partial charge in [-0.05, 0) is 74.7 Å². The van der Waals surface area contributed by atoms with Crippen molar-refractivity contribution >= 4 is 139 Å². The quantitative estimate of drug-likeness (QED) is 0.0341. The molecule has 1 aromatic carbocycles. The van der Waals surface area contributed by atoms with Crippen LogP contribution in [0.3, 0.4) is 0 Å². The van der Waals surface area contributed by atoms with E-state index in [1.54, 1.807) is 29.4 Å². The van der Waals surface area contributed by atoms with Crippen LogP contribution in [0.5, 0.6) is 0 Å². The van der Waals surface area contributed by atoms with Crippen LogP contribution in [0.15, 0.2) is 0 Å². The zero-order chi connectivity index (χ0) is 59.6. The predicted molar refractivity (Wildman–Crippen MR) is 315 cm³/mol. The Hall–Kier alpha value is -1.89. The van der Waals surface area contributed by atoms with Crippen LogP contribution in [-0.4, -0.2) is 320 Å². The molecule has 2 saturated heterocycles. The summed E-state index contributed by atoms with van der Waals surface area (Å²) < 4.78 is 1.01. The Morgan fingerprint density at radius 2 is 0.598 bits per heavy atom. The molecular weight excluding hydrogens is 1710 g/mol. The normalized spacial score (nSPS) is 16.7. The van der Waals surface area contributed by atoms with Gasteiger partial charge in [0.2, 0.25) is 17.7 Å². The minimum absolute atomic E-state index is 0. The summed E-state index contributed by atoms with van der Waals surface area (Å²) in [6.45, 7) is 5.23. The molecule has 29 nitrogen and oxygen atoms in total. The molecular formula is C48H74Gd2I3N13O16+6. The van der Waals surface area contributed by atoms with E-state index in [1.165, 1.54) is 25.8 Å². The van der Waals surface area contributed by atoms with Crippen molar-refractivity contribution in [2.75, 3.05) is 195 Å². The van der Waals surface area contributed by atoms with Crippen LogP contribution >= 0.6 is 67.8 Å². The fourth-order valence-corrected chi connectivity index (χ4v) is 13.5. The van der Waals surface area contributed by atoms with E-state index in [1.807, 2.05) is 77.6 Å². The summed E-state index contributed by atoms with van der Waals surface area (Å²) in [5.41, 5.74) is 0.489. The molecule has 82 heavy (non-hydrogen) atoms. The topological polar surface area (TPSA) is 366 Å². The Labute approximate surface area is 581 Å². The van der Waals surface area contributed by atoms with Gasteiger partial charge in [-0.1, -0.05) is 0 Å². The molecule has 0 bridgehead atoms. The van der Waals surface area contributed by atoms with Gasteiger partial charge in [-0.3, -0.25) is 91.9 Å². The SMILES string of the molecule is CC(=O)CN1CCN(CC(=O)O)CCN(CC(=O)O)CCN(CC(=O)NCCNC(=O)c2c(I)c(C(=O)NCCNC(=O)CN3CCN(CC(=O)O)CCN(CC(=O)O)CCN(CC(=O)O)CC3)c(I)c(N(C)C(C)=O)c2I)CC1.[Gd+3].[Gd+3]. The van der Waals surface area contributed by atoms with Crippen LogP contribution in [0, 0.1) is 90.6 Å². The summed E-state index contributed by atoms with van der Waals surface area (Å²) in [6.07, 6.45) is 0. The molecule has 3 rings (SSSR count). The minimum atomic E-state index is -1.08. The van der Waals surface area contributed by atoms with Gasteiger partial charge >= 0.3 is 110 Å². The summed E-state index contributed by atoms with van der Waals surface area (Å²) in [5.74, 6) is -7.83. The molecule has 0 saturated carbocycles. The second-order valence-electron chi connectivity index (χ2n) is 19.2. The molecule has 458 valence electrons. The molecule has 5 amide bonds. The Balaban J connectivity index is 0.0000168. The fourth-order valence-electron chi connectivity index (χ4n) is 8.65. The summed E-state index contributed by atoms with van der Waals surface area (Å²) in [5, 5.41) is 58.7. The predicted octanol–water partition coefficient (Wildman–Crippen LogP) is -3.37. The number of rotatable bonds is 25. The van der Waals surface area contributed by atoms with Crippen LogP contribution in [0.4, 0.5) is 5.69 Å². The smallest absolute Gasteiger partial charge is 0.480 e. The number of nitrogens with one attached hydrogen (secondary N) is 4. The maximum Gasteiger partial charge on any atom is 3.00 e. The molecule has 0 atom stereocenters. The summed E-state index contributed by atoms with van der Waals surface area (Å²) in [6, 6.07) is 0. The summed E-state index contributed by atoms with van der Waals surface area (Å²) in [4.78, 5) is 153. The van der Waals surface area contributed by atoms with Crippen molar-refractivity contribution in [2.45, 2.75) is 13.8 Å². The molecule has 2 heterocycles. The zero-order valence-electron chi connectivity index (χ0n) is 45.9. The van der Waals surface area contributed by atoms with E-state index in [0.29, 0.717) is 39.0 Å². The van der Waals surface area contributed by atoms with Gasteiger partial charge < -0.3 is 51.7 Å². The first kappa shape index (κ1) is 78.1. The molecule has 2 fully saturated rings. The number of carbonyl (C=O) groups is 11. The molecule has 2 aliphatic rings. The van der Waals surface area contributed by atoms with Crippen molar-refractivity contribution in [1.82, 2.24) is 60.5 Å². The first-order valence-corrected chi connectivity index (χ1v) is 28.9. The number of carboxylic acid groups (broad SMARTS) is 5. The fraction of sp³-hybridized carbons (Fsp3) is 0.646. The molecule has 34 heteroatoms. The number of amides is 5. The Morgan fingerprint density at radius 3 is 0.817 bits per heavy atom. The van der Waals surface area contributed by atoms with Crippen molar-refractivity contribution in [3.05, 3.63) is 21.8 Å². The van der Waals surface area contributed by atoms with Crippen molar-refractivity contribution < 1.29 is 158 Å². The second kappa shape index (κ2) is 41.3. The number of halogens is 3. The van der Waals surface area contributed by atoms with E-state index in [2.05, 4.69) is 21.3 Å². The van der Waals surface area contributed by atoms with Crippen molar-refractivity contribution in [3.8, 4) is 0 Å². The van der Waals surface area contributed by atoms with Gasteiger partial charge in [-0.2, -0.15) is 0 Å². The maximum atomic E-state index is 14.0. The number of carbonyl (C=O) groups excluding carboxylic acids is 6. The first-order valence-electron chi connectivity index (χ1n) is 25.7. The minimum Gasteiger partial charge on any atom is -0.480 e. The van der Waals surface area contributed by atoms with Crippen LogP contribution in [-0.2, 0) is 43.2 Å². The van der Waals surface area contributed by atoms with E-state index in [4.69, 9.17) is 0 Å². The molecule has 0 spiro atoms. The Kier molecular flexibility index (Phi) is 39.3. The molecule has 0 aromatic heterocycles. The zero-order valence-corrected chi connectivity index (χ0v) is 56.9. The number of hydrogen-bond donors (Lipinski definition) is 9. The number of anilines is 1. The van der Waals surface area contributed by atoms with Gasteiger partial charge in [0.1, 0.15) is 5.78 Å². The van der Waals surface area contributed by atoms with Crippen molar-refractivity contribution in [2.24, 2.45) is 0 Å². The molecule has 2 radical (unpaired) electrons. The summed E-state index contributed by atoms with van der Waals surface area (Å²) >= 11 is 5.77. The molecule has 0 aliphatic carbocycles. The van der Waals surface area contributed by atoms with Crippen molar-refractivity contribution in [3.63, 3.8) is 0 Å². The number of benzene rings is 1. The van der Waals surface area contributed by atoms with E-state index >= 15 is 0 Å². The average molecular weight is 1780 g/mol. The van der Waals surface area contributed by atoms with Crippen LogP contribution < -0.4 is 26.2 Å². The standard InChI is InChI=1S/C48H74I3N13O16.2Gd/c1-32(65)24-57-8-10-58(11-15-61(28-37(71)72)19-18-60(14-9-57)27-36(69)70)25-34(67)52-4-6-54-47(79)41-43(49)42(45(51)46(44(41)50)56(3)33(2)66)48(80)55-7-5-53-35(68)26-59-12-16-62(29-38(73)74)20-22-64(31-40(77)78)23-21-63(17-13-59)30-39(75)76;;/h4-31H2,1-3H3,(H,52,67)(H,53,68)(H,54,79)(H,55,80)(H,69,70)(H,71,72)(H,73,74)(H,75,76)(H,77,78);;/q;2*+3. The molecule has 0 unspecified atom stereocenters. The van der Waals surface area contributed by atoms with Gasteiger partial charge in [0.05, 0.1) is 76.3 Å². The number of nitrogens with zero attached hydrogens (tertiary/aromatic N) is 9. The van der Waals surface area contributed by atoms with E-state index in [9.17, 15) is 78.3 Å².